The molecule has 1 aromatic heterocycles. The molecule has 0 amide bonds. The first-order valence-electron chi connectivity index (χ1n) is 8.18. The van der Waals surface area contributed by atoms with Crippen molar-refractivity contribution < 1.29 is 13.5 Å². The summed E-state index contributed by atoms with van der Waals surface area (Å²) in [5.74, 6) is -0.0917. The van der Waals surface area contributed by atoms with Crippen molar-refractivity contribution in [3.63, 3.8) is 0 Å². The Bertz CT molecular complexity index is 713. The highest BCUT2D eigenvalue weighted by atomic mass is 19.1. The van der Waals surface area contributed by atoms with Crippen LogP contribution in [0.2, 0.25) is 0 Å². The second-order valence-corrected chi connectivity index (χ2v) is 6.04. The van der Waals surface area contributed by atoms with Gasteiger partial charge in [-0.05, 0) is 6.42 Å². The van der Waals surface area contributed by atoms with Crippen molar-refractivity contribution in [1.82, 2.24) is 14.9 Å². The van der Waals surface area contributed by atoms with Crippen LogP contribution in [0.5, 0.6) is 5.75 Å². The zero-order valence-corrected chi connectivity index (χ0v) is 14.0. The Morgan fingerprint density at radius 3 is 2.67 bits per heavy atom. The number of hydrogen-bond donors (Lipinski definition) is 0. The second kappa shape index (κ2) is 7.21. The Kier molecular flexibility index (Phi) is 5.04. The van der Waals surface area contributed by atoms with E-state index in [-0.39, 0.29) is 17.9 Å². The maximum Gasteiger partial charge on any atom is 0.134 e. The van der Waals surface area contributed by atoms with Crippen molar-refractivity contribution in [3.05, 3.63) is 52.6 Å². The summed E-state index contributed by atoms with van der Waals surface area (Å²) < 4.78 is 33.1. The Morgan fingerprint density at radius 2 is 2.00 bits per heavy atom. The fourth-order valence-corrected chi connectivity index (χ4v) is 2.97. The Hall–Kier alpha value is -2.08. The molecule has 0 unspecified atom stereocenters. The summed E-state index contributed by atoms with van der Waals surface area (Å²) in [6.45, 7) is 3.65. The lowest BCUT2D eigenvalue weighted by Crippen LogP contribution is -2.31. The molecule has 0 fully saturated rings. The SMILES string of the molecule is CCCc1ncc2c(n1)CCN(Cc1c(F)cc(OC)cc1F)C2. The number of methoxy groups -OCH3 is 1. The lowest BCUT2D eigenvalue weighted by atomic mass is 10.1. The van der Waals surface area contributed by atoms with E-state index in [1.807, 2.05) is 11.1 Å². The van der Waals surface area contributed by atoms with Gasteiger partial charge in [0.15, 0.2) is 0 Å². The number of nitrogens with zero attached hydrogens (tertiary/aromatic N) is 3. The van der Waals surface area contributed by atoms with Gasteiger partial charge < -0.3 is 4.74 Å². The number of rotatable bonds is 5. The molecular formula is C18H21F2N3O. The van der Waals surface area contributed by atoms with Crippen molar-refractivity contribution >= 4 is 0 Å². The number of hydrogen-bond acceptors (Lipinski definition) is 4. The van der Waals surface area contributed by atoms with E-state index in [0.717, 1.165) is 42.9 Å². The van der Waals surface area contributed by atoms with Crippen molar-refractivity contribution in [2.24, 2.45) is 0 Å². The number of aromatic nitrogens is 2. The van der Waals surface area contributed by atoms with E-state index < -0.39 is 11.6 Å². The summed E-state index contributed by atoms with van der Waals surface area (Å²) in [4.78, 5) is 11.0. The lowest BCUT2D eigenvalue weighted by molar-refractivity contribution is 0.235. The molecule has 0 N–H and O–H groups in total. The Balaban J connectivity index is 1.75. The molecule has 0 spiro atoms. The summed E-state index contributed by atoms with van der Waals surface area (Å²) in [6.07, 6.45) is 4.51. The normalized spacial score (nSPS) is 14.5. The van der Waals surface area contributed by atoms with E-state index in [2.05, 4.69) is 16.9 Å². The number of aryl methyl sites for hydroxylation is 1. The van der Waals surface area contributed by atoms with Crippen molar-refractivity contribution in [2.75, 3.05) is 13.7 Å². The van der Waals surface area contributed by atoms with Gasteiger partial charge >= 0.3 is 0 Å². The minimum absolute atomic E-state index is 0.0720. The van der Waals surface area contributed by atoms with E-state index in [9.17, 15) is 8.78 Å². The van der Waals surface area contributed by atoms with Crippen molar-refractivity contribution in [3.8, 4) is 5.75 Å². The van der Waals surface area contributed by atoms with E-state index >= 15 is 0 Å². The molecule has 0 radical (unpaired) electrons. The van der Waals surface area contributed by atoms with Gasteiger partial charge in [0.05, 0.1) is 7.11 Å². The van der Waals surface area contributed by atoms with Crippen molar-refractivity contribution in [2.45, 2.75) is 39.3 Å². The second-order valence-electron chi connectivity index (χ2n) is 6.04. The van der Waals surface area contributed by atoms with Gasteiger partial charge in [-0.3, -0.25) is 4.90 Å². The number of benzene rings is 1. The summed E-state index contributed by atoms with van der Waals surface area (Å²) in [5.41, 5.74) is 2.17. The molecular weight excluding hydrogens is 312 g/mol. The van der Waals surface area contributed by atoms with Crippen LogP contribution in [0.25, 0.3) is 0 Å². The van der Waals surface area contributed by atoms with Crippen LogP contribution in [0, 0.1) is 11.6 Å². The van der Waals surface area contributed by atoms with Crippen LogP contribution in [0.15, 0.2) is 18.3 Å². The molecule has 0 saturated carbocycles. The first-order chi connectivity index (χ1) is 11.6. The quantitative estimate of drug-likeness (QED) is 0.842. The van der Waals surface area contributed by atoms with Gasteiger partial charge in [0, 0.05) is 67.6 Å². The number of fused-ring (bicyclic) bond motifs is 1. The van der Waals surface area contributed by atoms with E-state index in [1.54, 1.807) is 0 Å². The fraction of sp³-hybridized carbons (Fsp3) is 0.444. The predicted octanol–water partition coefficient (Wildman–Crippen LogP) is 3.27. The van der Waals surface area contributed by atoms with Crippen LogP contribution in [0.3, 0.4) is 0 Å². The standard InChI is InChI=1S/C18H21F2N3O/c1-3-4-18-21-9-12-10-23(6-5-17(12)22-18)11-14-15(19)7-13(24-2)8-16(14)20/h7-9H,3-6,10-11H2,1-2H3. The van der Waals surface area contributed by atoms with Gasteiger partial charge in [-0.1, -0.05) is 6.92 Å². The topological polar surface area (TPSA) is 38.2 Å². The highest BCUT2D eigenvalue weighted by Gasteiger charge is 2.21. The van der Waals surface area contributed by atoms with Gasteiger partial charge in [0.25, 0.3) is 0 Å². The molecule has 128 valence electrons. The smallest absolute Gasteiger partial charge is 0.134 e. The van der Waals surface area contributed by atoms with Gasteiger partial charge in [-0.25, -0.2) is 18.7 Å². The molecule has 1 aliphatic heterocycles. The number of halogens is 2. The molecule has 3 rings (SSSR count). The van der Waals surface area contributed by atoms with Crippen molar-refractivity contribution in [1.29, 1.82) is 0 Å². The summed E-state index contributed by atoms with van der Waals surface area (Å²) in [5, 5.41) is 0. The highest BCUT2D eigenvalue weighted by molar-refractivity contribution is 5.31. The zero-order valence-electron chi connectivity index (χ0n) is 14.0. The van der Waals surface area contributed by atoms with E-state index in [4.69, 9.17) is 4.74 Å². The summed E-state index contributed by atoms with van der Waals surface area (Å²) in [7, 11) is 1.39. The minimum atomic E-state index is -0.577. The van der Waals surface area contributed by atoms with Gasteiger partial charge in [-0.15, -0.1) is 0 Å². The maximum atomic E-state index is 14.1. The third-order valence-electron chi connectivity index (χ3n) is 4.27. The molecule has 2 heterocycles. The first-order valence-corrected chi connectivity index (χ1v) is 8.18. The molecule has 1 aliphatic rings. The summed E-state index contributed by atoms with van der Waals surface area (Å²) in [6, 6.07) is 2.44. The highest BCUT2D eigenvalue weighted by Crippen LogP contribution is 2.24. The van der Waals surface area contributed by atoms with Crippen LogP contribution in [-0.2, 0) is 25.9 Å². The van der Waals surface area contributed by atoms with Crippen LogP contribution >= 0.6 is 0 Å². The van der Waals surface area contributed by atoms with Gasteiger partial charge in [-0.2, -0.15) is 0 Å². The average molecular weight is 333 g/mol. The molecule has 6 heteroatoms. The van der Waals surface area contributed by atoms with Gasteiger partial charge in [0.2, 0.25) is 0 Å². The predicted molar refractivity (Wildman–Crippen MR) is 86.8 cm³/mol. The third kappa shape index (κ3) is 3.53. The minimum Gasteiger partial charge on any atom is -0.497 e. The van der Waals surface area contributed by atoms with Crippen LogP contribution in [0.1, 0.15) is 36.0 Å². The van der Waals surface area contributed by atoms with Gasteiger partial charge in [0.1, 0.15) is 23.2 Å². The average Bonchev–Trinajstić information content (AvgIpc) is 2.58. The molecule has 2 aromatic rings. The summed E-state index contributed by atoms with van der Waals surface area (Å²) >= 11 is 0. The lowest BCUT2D eigenvalue weighted by Gasteiger charge is -2.28. The van der Waals surface area contributed by atoms with Crippen LogP contribution < -0.4 is 4.74 Å². The largest absolute Gasteiger partial charge is 0.497 e. The molecule has 24 heavy (non-hydrogen) atoms. The number of ether oxygens (including phenoxy) is 1. The third-order valence-corrected chi connectivity index (χ3v) is 4.27. The maximum absolute atomic E-state index is 14.1. The monoisotopic (exact) mass is 333 g/mol. The van der Waals surface area contributed by atoms with E-state index in [0.29, 0.717) is 6.54 Å². The van der Waals surface area contributed by atoms with E-state index in [1.165, 1.54) is 19.2 Å². The Labute approximate surface area is 140 Å². The molecule has 0 aliphatic carbocycles. The zero-order chi connectivity index (χ0) is 17.1. The molecule has 0 saturated heterocycles. The molecule has 0 bridgehead atoms. The van der Waals surface area contributed by atoms with Crippen LogP contribution in [-0.4, -0.2) is 28.5 Å². The molecule has 4 nitrogen and oxygen atoms in total. The fourth-order valence-electron chi connectivity index (χ4n) is 2.97. The molecule has 0 atom stereocenters. The van der Waals surface area contributed by atoms with Crippen LogP contribution in [0.4, 0.5) is 8.78 Å². The Morgan fingerprint density at radius 1 is 1.25 bits per heavy atom. The first kappa shape index (κ1) is 16.8. The molecule has 1 aromatic carbocycles.